The van der Waals surface area contributed by atoms with Gasteiger partial charge in [-0.2, -0.15) is 0 Å². The summed E-state index contributed by atoms with van der Waals surface area (Å²) >= 11 is 0. The monoisotopic (exact) mass is 248 g/mol. The van der Waals surface area contributed by atoms with Crippen LogP contribution < -0.4 is 5.32 Å². The van der Waals surface area contributed by atoms with Gasteiger partial charge in [-0.3, -0.25) is 4.90 Å². The van der Waals surface area contributed by atoms with E-state index >= 15 is 0 Å². The number of aliphatic hydroxyl groups excluding tert-OH is 1. The second-order valence-electron chi connectivity index (χ2n) is 5.17. The van der Waals surface area contributed by atoms with Crippen LogP contribution in [0, 0.1) is 13.8 Å². The van der Waals surface area contributed by atoms with Crippen molar-refractivity contribution in [2.24, 2.45) is 0 Å². The molecule has 1 aliphatic heterocycles. The van der Waals surface area contributed by atoms with E-state index in [9.17, 15) is 5.11 Å². The molecule has 1 unspecified atom stereocenters. The molecule has 1 aliphatic rings. The van der Waals surface area contributed by atoms with Gasteiger partial charge >= 0.3 is 0 Å². The third-order valence-electron chi connectivity index (χ3n) is 3.79. The third kappa shape index (κ3) is 3.10. The fourth-order valence-electron chi connectivity index (χ4n) is 2.77. The molecule has 1 aromatic rings. The molecule has 0 bridgehead atoms. The average Bonchev–Trinajstić information content (AvgIpc) is 2.40. The molecule has 0 spiro atoms. The Morgan fingerprint density at radius 3 is 2.67 bits per heavy atom. The number of aryl methyl sites for hydroxylation is 2. The van der Waals surface area contributed by atoms with Gasteiger partial charge in [0.05, 0.1) is 0 Å². The first-order chi connectivity index (χ1) is 8.72. The number of aliphatic hydroxyl groups is 1. The van der Waals surface area contributed by atoms with Crippen molar-refractivity contribution in [1.29, 1.82) is 0 Å². The van der Waals surface area contributed by atoms with E-state index in [1.165, 1.54) is 16.7 Å². The molecule has 1 aromatic carbocycles. The minimum absolute atomic E-state index is 0.252. The Labute approximate surface area is 110 Å². The fraction of sp³-hybridized carbons (Fsp3) is 0.600. The molecule has 1 heterocycles. The highest BCUT2D eigenvalue weighted by atomic mass is 16.3. The van der Waals surface area contributed by atoms with E-state index in [1.54, 1.807) is 0 Å². The summed E-state index contributed by atoms with van der Waals surface area (Å²) in [7, 11) is 0. The molecule has 0 saturated carbocycles. The zero-order chi connectivity index (χ0) is 13.0. The summed E-state index contributed by atoms with van der Waals surface area (Å²) in [4.78, 5) is 2.49. The number of hydrogen-bond donors (Lipinski definition) is 2. The van der Waals surface area contributed by atoms with E-state index in [0.29, 0.717) is 6.04 Å². The lowest BCUT2D eigenvalue weighted by Crippen LogP contribution is -2.45. The second-order valence-corrected chi connectivity index (χ2v) is 5.17. The number of nitrogens with one attached hydrogen (secondary N) is 1. The summed E-state index contributed by atoms with van der Waals surface area (Å²) in [5, 5.41) is 12.7. The zero-order valence-electron chi connectivity index (χ0n) is 11.4. The van der Waals surface area contributed by atoms with Crippen LogP contribution in [0.3, 0.4) is 0 Å². The van der Waals surface area contributed by atoms with Crippen molar-refractivity contribution in [3.8, 4) is 0 Å². The molecule has 0 amide bonds. The average molecular weight is 248 g/mol. The first kappa shape index (κ1) is 13.5. The number of rotatable bonds is 4. The lowest BCUT2D eigenvalue weighted by atomic mass is 9.95. The van der Waals surface area contributed by atoms with Crippen molar-refractivity contribution >= 4 is 0 Å². The smallest absolute Gasteiger partial charge is 0.0449 e. The Hall–Kier alpha value is -0.900. The molecule has 3 nitrogen and oxygen atoms in total. The Bertz CT molecular complexity index is 386. The topological polar surface area (TPSA) is 35.5 Å². The Morgan fingerprint density at radius 2 is 2.00 bits per heavy atom. The number of hydrogen-bond acceptors (Lipinski definition) is 3. The fourth-order valence-corrected chi connectivity index (χ4v) is 2.77. The molecule has 1 atom stereocenters. The highest BCUT2D eigenvalue weighted by Gasteiger charge is 2.22. The van der Waals surface area contributed by atoms with Crippen LogP contribution >= 0.6 is 0 Å². The van der Waals surface area contributed by atoms with Gasteiger partial charge in [0, 0.05) is 38.8 Å². The molecule has 2 rings (SSSR count). The maximum atomic E-state index is 9.35. The summed E-state index contributed by atoms with van der Waals surface area (Å²) in [6.07, 6.45) is 0.824. The van der Waals surface area contributed by atoms with Gasteiger partial charge in [-0.25, -0.2) is 0 Å². The van der Waals surface area contributed by atoms with Crippen molar-refractivity contribution in [2.45, 2.75) is 26.3 Å². The van der Waals surface area contributed by atoms with Crippen LogP contribution in [-0.2, 0) is 0 Å². The number of piperazine rings is 1. The van der Waals surface area contributed by atoms with E-state index in [-0.39, 0.29) is 6.61 Å². The van der Waals surface area contributed by atoms with Gasteiger partial charge in [0.25, 0.3) is 0 Å². The quantitative estimate of drug-likeness (QED) is 0.850. The molecule has 18 heavy (non-hydrogen) atoms. The maximum absolute atomic E-state index is 9.35. The molecule has 2 N–H and O–H groups in total. The molecule has 0 aliphatic carbocycles. The molecule has 0 radical (unpaired) electrons. The van der Waals surface area contributed by atoms with Gasteiger partial charge in [0.1, 0.15) is 0 Å². The number of benzene rings is 1. The van der Waals surface area contributed by atoms with Crippen LogP contribution in [0.5, 0.6) is 0 Å². The van der Waals surface area contributed by atoms with Gasteiger partial charge in [0.15, 0.2) is 0 Å². The standard InChI is InChI=1S/C15H24N2O/c1-12-3-4-13(2)14(11-12)15(5-10-18)17-8-6-16-7-9-17/h3-4,11,15-16,18H,5-10H2,1-2H3. The van der Waals surface area contributed by atoms with Crippen LogP contribution in [0.4, 0.5) is 0 Å². The summed E-state index contributed by atoms with van der Waals surface area (Å²) < 4.78 is 0. The van der Waals surface area contributed by atoms with Crippen LogP contribution in [0.2, 0.25) is 0 Å². The Balaban J connectivity index is 2.24. The predicted molar refractivity (Wildman–Crippen MR) is 74.8 cm³/mol. The maximum Gasteiger partial charge on any atom is 0.0449 e. The van der Waals surface area contributed by atoms with Gasteiger partial charge in [0.2, 0.25) is 0 Å². The van der Waals surface area contributed by atoms with Gasteiger partial charge < -0.3 is 10.4 Å². The van der Waals surface area contributed by atoms with E-state index in [2.05, 4.69) is 42.3 Å². The Morgan fingerprint density at radius 1 is 1.28 bits per heavy atom. The molecule has 1 saturated heterocycles. The largest absolute Gasteiger partial charge is 0.396 e. The first-order valence-corrected chi connectivity index (χ1v) is 6.85. The first-order valence-electron chi connectivity index (χ1n) is 6.85. The molecule has 100 valence electrons. The van der Waals surface area contributed by atoms with Crippen molar-refractivity contribution in [3.05, 3.63) is 34.9 Å². The summed E-state index contributed by atoms with van der Waals surface area (Å²) in [5.41, 5.74) is 4.01. The van der Waals surface area contributed by atoms with Crippen molar-refractivity contribution < 1.29 is 5.11 Å². The molecule has 1 fully saturated rings. The van der Waals surface area contributed by atoms with E-state index in [0.717, 1.165) is 32.6 Å². The van der Waals surface area contributed by atoms with Crippen LogP contribution in [0.25, 0.3) is 0 Å². The van der Waals surface area contributed by atoms with Gasteiger partial charge in [-0.15, -0.1) is 0 Å². The highest BCUT2D eigenvalue weighted by Crippen LogP contribution is 2.28. The summed E-state index contributed by atoms with van der Waals surface area (Å²) in [6, 6.07) is 6.98. The van der Waals surface area contributed by atoms with E-state index < -0.39 is 0 Å². The molecular formula is C15H24N2O. The second kappa shape index (κ2) is 6.32. The predicted octanol–water partition coefficient (Wildman–Crippen LogP) is 1.63. The minimum atomic E-state index is 0.252. The normalized spacial score (nSPS) is 18.8. The lowest BCUT2D eigenvalue weighted by molar-refractivity contribution is 0.140. The van der Waals surface area contributed by atoms with Crippen LogP contribution in [0.15, 0.2) is 18.2 Å². The van der Waals surface area contributed by atoms with Gasteiger partial charge in [-0.1, -0.05) is 23.8 Å². The lowest BCUT2D eigenvalue weighted by Gasteiger charge is -2.35. The van der Waals surface area contributed by atoms with Crippen molar-refractivity contribution in [1.82, 2.24) is 10.2 Å². The molecule has 0 aromatic heterocycles. The van der Waals surface area contributed by atoms with Crippen LogP contribution in [0.1, 0.15) is 29.2 Å². The zero-order valence-corrected chi connectivity index (χ0v) is 11.4. The number of nitrogens with zero attached hydrogens (tertiary/aromatic N) is 1. The van der Waals surface area contributed by atoms with E-state index in [1.807, 2.05) is 0 Å². The SMILES string of the molecule is Cc1ccc(C)c(C(CCO)N2CCNCC2)c1. The molecule has 3 heteroatoms. The van der Waals surface area contributed by atoms with Crippen molar-refractivity contribution in [3.63, 3.8) is 0 Å². The van der Waals surface area contributed by atoms with Crippen molar-refractivity contribution in [2.75, 3.05) is 32.8 Å². The van der Waals surface area contributed by atoms with Gasteiger partial charge in [-0.05, 0) is 31.4 Å². The summed E-state index contributed by atoms with van der Waals surface area (Å²) in [6.45, 7) is 8.79. The third-order valence-corrected chi connectivity index (χ3v) is 3.79. The minimum Gasteiger partial charge on any atom is -0.396 e. The highest BCUT2D eigenvalue weighted by molar-refractivity contribution is 5.33. The summed E-state index contributed by atoms with van der Waals surface area (Å²) in [5.74, 6) is 0. The molecular weight excluding hydrogens is 224 g/mol. The van der Waals surface area contributed by atoms with Crippen LogP contribution in [-0.4, -0.2) is 42.8 Å². The Kier molecular flexibility index (Phi) is 4.75. The van der Waals surface area contributed by atoms with E-state index in [4.69, 9.17) is 0 Å².